The first-order valence-corrected chi connectivity index (χ1v) is 4.88. The molecule has 5 heteroatoms. The third-order valence-electron chi connectivity index (χ3n) is 1.82. The van der Waals surface area contributed by atoms with Crippen LogP contribution < -0.4 is 5.32 Å². The fraction of sp³-hybridized carbons (Fsp3) is 0.714. The van der Waals surface area contributed by atoms with E-state index in [-0.39, 0.29) is 12.1 Å². The lowest BCUT2D eigenvalue weighted by molar-refractivity contribution is 0.258. The zero-order valence-corrected chi connectivity index (χ0v) is 7.69. The summed E-state index contributed by atoms with van der Waals surface area (Å²) in [6.45, 7) is 0.0736. The van der Waals surface area contributed by atoms with Gasteiger partial charge in [0.05, 0.1) is 12.1 Å². The van der Waals surface area contributed by atoms with Crippen LogP contribution in [0, 0.1) is 11.5 Å². The van der Waals surface area contributed by atoms with Crippen LogP contribution in [0.2, 0.25) is 0 Å². The molecule has 0 bridgehead atoms. The number of aliphatic hydroxyl groups is 1. The monoisotopic (exact) mass is 185 g/mol. The van der Waals surface area contributed by atoms with Gasteiger partial charge in [-0.05, 0) is 19.1 Å². The molecule has 0 atom stereocenters. The minimum Gasteiger partial charge on any atom is -0.394 e. The Kier molecular flexibility index (Phi) is 2.95. The van der Waals surface area contributed by atoms with Crippen molar-refractivity contribution in [2.75, 3.05) is 12.9 Å². The van der Waals surface area contributed by atoms with Gasteiger partial charge in [-0.3, -0.25) is 10.3 Å². The van der Waals surface area contributed by atoms with Crippen LogP contribution in [-0.2, 0) is 0 Å². The molecule has 1 aliphatic rings. The molecule has 2 N–H and O–H groups in total. The minimum absolute atomic E-state index is 0.0736. The molecule has 1 aliphatic carbocycles. The average molecular weight is 185 g/mol. The molecular formula is C7H11N3OS. The van der Waals surface area contributed by atoms with Crippen LogP contribution in [0.4, 0.5) is 0 Å². The predicted molar refractivity (Wildman–Crippen MR) is 48.7 cm³/mol. The second-order valence-electron chi connectivity index (χ2n) is 2.74. The average Bonchev–Trinajstić information content (AvgIpc) is 2.85. The highest BCUT2D eigenvalue weighted by atomic mass is 32.2. The number of nitrogens with zero attached hydrogens (tertiary/aromatic N) is 2. The van der Waals surface area contributed by atoms with E-state index < -0.39 is 0 Å². The summed E-state index contributed by atoms with van der Waals surface area (Å²) in [5.74, 6) is 0. The van der Waals surface area contributed by atoms with Crippen LogP contribution in [0.3, 0.4) is 0 Å². The molecule has 0 aromatic heterocycles. The summed E-state index contributed by atoms with van der Waals surface area (Å²) in [5.41, 5.74) is -0.276. The lowest BCUT2D eigenvalue weighted by Gasteiger charge is -2.06. The topological polar surface area (TPSA) is 68.4 Å². The van der Waals surface area contributed by atoms with Crippen LogP contribution in [0.15, 0.2) is 4.99 Å². The highest BCUT2D eigenvalue weighted by Crippen LogP contribution is 2.39. The molecule has 4 nitrogen and oxygen atoms in total. The lowest BCUT2D eigenvalue weighted by Crippen LogP contribution is -2.20. The van der Waals surface area contributed by atoms with Crippen LogP contribution in [0.5, 0.6) is 0 Å². The van der Waals surface area contributed by atoms with E-state index in [1.165, 1.54) is 11.8 Å². The zero-order valence-electron chi connectivity index (χ0n) is 6.87. The van der Waals surface area contributed by atoms with Crippen molar-refractivity contribution in [3.63, 3.8) is 0 Å². The first-order valence-electron chi connectivity index (χ1n) is 3.66. The SMILES string of the molecule is CSC(=NC1(CO)CC1)NC#N. The minimum atomic E-state index is -0.276. The van der Waals surface area contributed by atoms with Crippen molar-refractivity contribution < 1.29 is 5.11 Å². The Morgan fingerprint density at radius 3 is 2.83 bits per heavy atom. The number of aliphatic hydroxyl groups excluding tert-OH is 1. The quantitative estimate of drug-likeness (QED) is 0.281. The number of thioether (sulfide) groups is 1. The van der Waals surface area contributed by atoms with Gasteiger partial charge in [-0.1, -0.05) is 11.8 Å². The summed E-state index contributed by atoms with van der Waals surface area (Å²) in [4.78, 5) is 4.24. The smallest absolute Gasteiger partial charge is 0.183 e. The van der Waals surface area contributed by atoms with E-state index in [0.717, 1.165) is 12.8 Å². The van der Waals surface area contributed by atoms with Gasteiger partial charge in [0.1, 0.15) is 0 Å². The van der Waals surface area contributed by atoms with E-state index in [9.17, 15) is 0 Å². The molecule has 0 unspecified atom stereocenters. The number of hydrogen-bond acceptors (Lipinski definition) is 4. The molecule has 1 saturated carbocycles. The Bertz CT molecular complexity index is 229. The van der Waals surface area contributed by atoms with Gasteiger partial charge in [0, 0.05) is 0 Å². The summed E-state index contributed by atoms with van der Waals surface area (Å²) in [6, 6.07) is 0. The summed E-state index contributed by atoms with van der Waals surface area (Å²) in [5, 5.41) is 20.3. The number of rotatable bonds is 2. The van der Waals surface area contributed by atoms with Crippen molar-refractivity contribution in [1.29, 1.82) is 5.26 Å². The van der Waals surface area contributed by atoms with Gasteiger partial charge in [0.15, 0.2) is 11.4 Å². The standard InChI is InChI=1S/C7H11N3OS/c1-12-6(9-5-8)10-7(4-11)2-3-7/h11H,2-4H2,1H3,(H,9,10). The molecule has 0 aliphatic heterocycles. The summed E-state index contributed by atoms with van der Waals surface area (Å²) in [6.07, 6.45) is 5.49. The maximum absolute atomic E-state index is 8.94. The van der Waals surface area contributed by atoms with Gasteiger partial charge in [-0.2, -0.15) is 5.26 Å². The van der Waals surface area contributed by atoms with Gasteiger partial charge < -0.3 is 5.11 Å². The third kappa shape index (κ3) is 2.13. The largest absolute Gasteiger partial charge is 0.394 e. The summed E-state index contributed by atoms with van der Waals surface area (Å²) >= 11 is 1.38. The number of nitrogens with one attached hydrogen (secondary N) is 1. The van der Waals surface area contributed by atoms with Gasteiger partial charge in [-0.25, -0.2) is 0 Å². The van der Waals surface area contributed by atoms with Gasteiger partial charge >= 0.3 is 0 Å². The number of amidine groups is 1. The lowest BCUT2D eigenvalue weighted by atomic mass is 10.3. The van der Waals surface area contributed by atoms with Crippen molar-refractivity contribution in [3.8, 4) is 6.19 Å². The van der Waals surface area contributed by atoms with Crippen LogP contribution in [-0.4, -0.2) is 28.7 Å². The zero-order chi connectivity index (χ0) is 9.03. The number of nitriles is 1. The highest BCUT2D eigenvalue weighted by molar-refractivity contribution is 8.13. The molecule has 1 rings (SSSR count). The van der Waals surface area contributed by atoms with Crippen LogP contribution in [0.25, 0.3) is 0 Å². The molecule has 0 amide bonds. The van der Waals surface area contributed by atoms with E-state index in [1.807, 2.05) is 12.4 Å². The molecular weight excluding hydrogens is 174 g/mol. The highest BCUT2D eigenvalue weighted by Gasteiger charge is 2.42. The number of hydrogen-bond donors (Lipinski definition) is 2. The Morgan fingerprint density at radius 1 is 1.83 bits per heavy atom. The van der Waals surface area contributed by atoms with E-state index in [2.05, 4.69) is 10.3 Å². The van der Waals surface area contributed by atoms with Gasteiger partial charge in [-0.15, -0.1) is 0 Å². The van der Waals surface area contributed by atoms with E-state index in [4.69, 9.17) is 10.4 Å². The Labute approximate surface area is 75.7 Å². The van der Waals surface area contributed by atoms with E-state index >= 15 is 0 Å². The third-order valence-corrected chi connectivity index (χ3v) is 2.40. The molecule has 0 saturated heterocycles. The predicted octanol–water partition coefficient (Wildman–Crippen LogP) is 0.301. The molecule has 1 fully saturated rings. The van der Waals surface area contributed by atoms with Gasteiger partial charge in [0.2, 0.25) is 0 Å². The first kappa shape index (κ1) is 9.36. The Morgan fingerprint density at radius 2 is 2.50 bits per heavy atom. The Hall–Kier alpha value is -0.730. The maximum atomic E-state index is 8.94. The van der Waals surface area contributed by atoms with Crippen LogP contribution >= 0.6 is 11.8 Å². The maximum Gasteiger partial charge on any atom is 0.183 e. The molecule has 0 radical (unpaired) electrons. The molecule has 66 valence electrons. The molecule has 0 heterocycles. The fourth-order valence-corrected chi connectivity index (χ4v) is 1.27. The van der Waals surface area contributed by atoms with Crippen molar-refractivity contribution >= 4 is 16.9 Å². The van der Waals surface area contributed by atoms with Crippen molar-refractivity contribution in [1.82, 2.24) is 5.32 Å². The number of aliphatic imine (C=N–C) groups is 1. The fourth-order valence-electron chi connectivity index (χ4n) is 0.837. The van der Waals surface area contributed by atoms with Crippen molar-refractivity contribution in [3.05, 3.63) is 0 Å². The van der Waals surface area contributed by atoms with Gasteiger partial charge in [0.25, 0.3) is 0 Å². The second-order valence-corrected chi connectivity index (χ2v) is 3.54. The van der Waals surface area contributed by atoms with Crippen molar-refractivity contribution in [2.24, 2.45) is 4.99 Å². The molecule has 12 heavy (non-hydrogen) atoms. The Balaban J connectivity index is 2.58. The van der Waals surface area contributed by atoms with Crippen molar-refractivity contribution in [2.45, 2.75) is 18.4 Å². The van der Waals surface area contributed by atoms with E-state index in [0.29, 0.717) is 5.17 Å². The molecule has 0 aromatic carbocycles. The molecule has 0 aromatic rings. The second kappa shape index (κ2) is 3.78. The van der Waals surface area contributed by atoms with E-state index in [1.54, 1.807) is 0 Å². The first-order chi connectivity index (χ1) is 5.76. The normalized spacial score (nSPS) is 19.9. The molecule has 0 spiro atoms. The summed E-state index contributed by atoms with van der Waals surface area (Å²) < 4.78 is 0. The summed E-state index contributed by atoms with van der Waals surface area (Å²) in [7, 11) is 0. The van der Waals surface area contributed by atoms with Crippen LogP contribution in [0.1, 0.15) is 12.8 Å².